The predicted molar refractivity (Wildman–Crippen MR) is 144 cm³/mol. The number of nitro benzene ring substituents is 1. The van der Waals surface area contributed by atoms with Crippen molar-refractivity contribution >= 4 is 17.7 Å². The second kappa shape index (κ2) is 12.1. The van der Waals surface area contributed by atoms with Crippen LogP contribution in [0.2, 0.25) is 0 Å². The summed E-state index contributed by atoms with van der Waals surface area (Å²) in [5, 5.41) is 14.5. The number of amides is 1. The second-order valence-corrected chi connectivity index (χ2v) is 10.0. The fraction of sp³-hybridized carbons (Fsp3) is 0.333. The summed E-state index contributed by atoms with van der Waals surface area (Å²) in [6.07, 6.45) is 1.79. The summed E-state index contributed by atoms with van der Waals surface area (Å²) in [5.74, 6) is -0.758. The number of nitrogens with zero attached hydrogens (tertiary/aromatic N) is 2. The van der Waals surface area contributed by atoms with Crippen LogP contribution in [0.25, 0.3) is 0 Å². The Bertz CT molecular complexity index is 1280. The number of rotatable bonds is 10. The third-order valence-corrected chi connectivity index (χ3v) is 7.27. The molecular formula is C30H31N3O6. The first-order valence-electron chi connectivity index (χ1n) is 13.2. The van der Waals surface area contributed by atoms with Crippen LogP contribution in [0.1, 0.15) is 34.3 Å². The third kappa shape index (κ3) is 6.80. The van der Waals surface area contributed by atoms with Crippen LogP contribution in [0.15, 0.2) is 84.9 Å². The van der Waals surface area contributed by atoms with Crippen molar-refractivity contribution in [3.8, 4) is 0 Å². The van der Waals surface area contributed by atoms with Gasteiger partial charge in [0.15, 0.2) is 0 Å². The van der Waals surface area contributed by atoms with E-state index in [4.69, 9.17) is 9.47 Å². The summed E-state index contributed by atoms with van der Waals surface area (Å²) in [6, 6.07) is 24.9. The van der Waals surface area contributed by atoms with Crippen LogP contribution in [0.5, 0.6) is 0 Å². The van der Waals surface area contributed by atoms with E-state index in [-0.39, 0.29) is 36.4 Å². The zero-order valence-electron chi connectivity index (χ0n) is 21.5. The van der Waals surface area contributed by atoms with Crippen molar-refractivity contribution in [3.63, 3.8) is 0 Å². The van der Waals surface area contributed by atoms with Crippen LogP contribution >= 0.6 is 0 Å². The summed E-state index contributed by atoms with van der Waals surface area (Å²) in [6.45, 7) is 0.907. The van der Waals surface area contributed by atoms with E-state index in [1.165, 1.54) is 24.3 Å². The average Bonchev–Trinajstić information content (AvgIpc) is 3.74. The first-order valence-corrected chi connectivity index (χ1v) is 13.2. The van der Waals surface area contributed by atoms with Gasteiger partial charge in [-0.05, 0) is 42.5 Å². The van der Waals surface area contributed by atoms with E-state index in [1.54, 1.807) is 4.90 Å². The predicted octanol–water partition coefficient (Wildman–Crippen LogP) is 4.75. The van der Waals surface area contributed by atoms with Gasteiger partial charge < -0.3 is 14.8 Å². The lowest BCUT2D eigenvalue weighted by Crippen LogP contribution is -2.45. The Hall–Kier alpha value is -4.24. The molecule has 5 rings (SSSR count). The molecule has 1 unspecified atom stereocenters. The van der Waals surface area contributed by atoms with Crippen molar-refractivity contribution in [3.05, 3.63) is 112 Å². The van der Waals surface area contributed by atoms with Gasteiger partial charge in [-0.25, -0.2) is 9.59 Å². The van der Waals surface area contributed by atoms with Crippen LogP contribution in [0.3, 0.4) is 0 Å². The van der Waals surface area contributed by atoms with Gasteiger partial charge in [-0.3, -0.25) is 15.0 Å². The molecule has 3 aromatic carbocycles. The minimum absolute atomic E-state index is 0.104. The van der Waals surface area contributed by atoms with Crippen LogP contribution < -0.4 is 5.32 Å². The van der Waals surface area contributed by atoms with E-state index < -0.39 is 23.1 Å². The molecule has 1 aliphatic heterocycles. The topological polar surface area (TPSA) is 111 Å². The number of hydrogen-bond donors (Lipinski definition) is 1. The SMILES string of the molecule is O=C(O[C@H]1CN(C(=O)OCc2ccccc2)C(CNC2CC2)[C@@H]1Cc1ccccc1)c1ccc([N+](=O)[O-])cc1. The van der Waals surface area contributed by atoms with E-state index in [0.717, 1.165) is 24.0 Å². The molecule has 1 N–H and O–H groups in total. The molecular weight excluding hydrogens is 498 g/mol. The molecule has 39 heavy (non-hydrogen) atoms. The molecule has 2 fully saturated rings. The molecule has 0 bridgehead atoms. The van der Waals surface area contributed by atoms with Crippen LogP contribution in [0, 0.1) is 16.0 Å². The maximum absolute atomic E-state index is 13.4. The number of benzene rings is 3. The van der Waals surface area contributed by atoms with Crippen molar-refractivity contribution in [2.45, 2.75) is 44.1 Å². The number of non-ortho nitro benzene ring substituents is 1. The quantitative estimate of drug-likeness (QED) is 0.229. The van der Waals surface area contributed by atoms with Crippen LogP contribution in [-0.2, 0) is 22.5 Å². The van der Waals surface area contributed by atoms with Crippen molar-refractivity contribution in [1.29, 1.82) is 0 Å². The molecule has 0 spiro atoms. The van der Waals surface area contributed by atoms with Gasteiger partial charge in [0.1, 0.15) is 12.7 Å². The number of likely N-dealkylation sites (tertiary alicyclic amines) is 1. The Labute approximate surface area is 226 Å². The summed E-state index contributed by atoms with van der Waals surface area (Å²) in [7, 11) is 0. The zero-order valence-corrected chi connectivity index (χ0v) is 21.5. The number of esters is 1. The normalized spacial score (nSPS) is 20.4. The highest BCUT2D eigenvalue weighted by Crippen LogP contribution is 2.32. The van der Waals surface area contributed by atoms with E-state index >= 15 is 0 Å². The number of nitro groups is 1. The molecule has 1 amide bonds. The fourth-order valence-electron chi connectivity index (χ4n) is 5.00. The molecule has 3 atom stereocenters. The van der Waals surface area contributed by atoms with E-state index in [1.807, 2.05) is 60.7 Å². The number of hydrogen-bond acceptors (Lipinski definition) is 7. The first-order chi connectivity index (χ1) is 19.0. The Morgan fingerprint density at radius 1 is 0.923 bits per heavy atom. The molecule has 1 heterocycles. The number of nitrogens with one attached hydrogen (secondary N) is 1. The maximum Gasteiger partial charge on any atom is 0.410 e. The summed E-state index contributed by atoms with van der Waals surface area (Å²) < 4.78 is 11.7. The van der Waals surface area contributed by atoms with E-state index in [0.29, 0.717) is 19.0 Å². The summed E-state index contributed by atoms with van der Waals surface area (Å²) in [5.41, 5.74) is 2.08. The van der Waals surface area contributed by atoms with Crippen molar-refractivity contribution in [2.24, 2.45) is 5.92 Å². The summed E-state index contributed by atoms with van der Waals surface area (Å²) in [4.78, 5) is 38.6. The van der Waals surface area contributed by atoms with E-state index in [9.17, 15) is 19.7 Å². The van der Waals surface area contributed by atoms with E-state index in [2.05, 4.69) is 5.32 Å². The third-order valence-electron chi connectivity index (χ3n) is 7.27. The van der Waals surface area contributed by atoms with Crippen molar-refractivity contribution in [2.75, 3.05) is 13.1 Å². The molecule has 1 saturated heterocycles. The van der Waals surface area contributed by atoms with Crippen molar-refractivity contribution in [1.82, 2.24) is 10.2 Å². The van der Waals surface area contributed by atoms with Gasteiger partial charge in [-0.15, -0.1) is 0 Å². The fourth-order valence-corrected chi connectivity index (χ4v) is 5.00. The molecule has 3 aromatic rings. The number of carbonyl (C=O) groups excluding carboxylic acids is 2. The van der Waals surface area contributed by atoms with Gasteiger partial charge in [0.25, 0.3) is 5.69 Å². The average molecular weight is 530 g/mol. The van der Waals surface area contributed by atoms with Crippen molar-refractivity contribution < 1.29 is 24.0 Å². The molecule has 1 aliphatic carbocycles. The van der Waals surface area contributed by atoms with Gasteiger partial charge in [0.05, 0.1) is 23.1 Å². The van der Waals surface area contributed by atoms with Gasteiger partial charge in [-0.1, -0.05) is 60.7 Å². The van der Waals surface area contributed by atoms with Gasteiger partial charge in [-0.2, -0.15) is 0 Å². The van der Waals surface area contributed by atoms with Gasteiger partial charge >= 0.3 is 12.1 Å². The molecule has 9 heteroatoms. The molecule has 202 valence electrons. The van der Waals surface area contributed by atoms with Crippen LogP contribution in [0.4, 0.5) is 10.5 Å². The lowest BCUT2D eigenvalue weighted by Gasteiger charge is -2.28. The molecule has 2 aliphatic rings. The lowest BCUT2D eigenvalue weighted by atomic mass is 9.90. The Morgan fingerprint density at radius 2 is 1.56 bits per heavy atom. The highest BCUT2D eigenvalue weighted by Gasteiger charge is 2.47. The highest BCUT2D eigenvalue weighted by molar-refractivity contribution is 5.89. The molecule has 0 radical (unpaired) electrons. The van der Waals surface area contributed by atoms with Gasteiger partial charge in [0, 0.05) is 30.6 Å². The largest absolute Gasteiger partial charge is 0.456 e. The number of ether oxygens (including phenoxy) is 2. The van der Waals surface area contributed by atoms with Gasteiger partial charge in [0.2, 0.25) is 0 Å². The number of carbonyl (C=O) groups is 2. The maximum atomic E-state index is 13.4. The molecule has 1 saturated carbocycles. The van der Waals surface area contributed by atoms with Crippen LogP contribution in [-0.4, -0.2) is 53.2 Å². The smallest absolute Gasteiger partial charge is 0.410 e. The molecule has 9 nitrogen and oxygen atoms in total. The second-order valence-electron chi connectivity index (χ2n) is 10.0. The highest BCUT2D eigenvalue weighted by atomic mass is 16.6. The minimum atomic E-state index is -0.582. The lowest BCUT2D eigenvalue weighted by molar-refractivity contribution is -0.384. The standard InChI is InChI=1S/C30H31N3O6/c34-29(23-11-15-25(16-12-23)33(36)37)39-28-19-32(30(35)38-20-22-9-5-2-6-10-22)27(18-31-24-13-14-24)26(28)17-21-7-3-1-4-8-21/h1-12,15-16,24,26-28,31H,13-14,17-20H2/t26-,27?,28-/m0/s1. The Kier molecular flexibility index (Phi) is 8.17. The summed E-state index contributed by atoms with van der Waals surface area (Å²) >= 11 is 0. The Balaban J connectivity index is 1.37. The minimum Gasteiger partial charge on any atom is -0.456 e. The molecule has 0 aromatic heterocycles. The zero-order chi connectivity index (χ0) is 27.2. The monoisotopic (exact) mass is 529 g/mol. The Morgan fingerprint density at radius 3 is 2.18 bits per heavy atom. The first kappa shape index (κ1) is 26.4.